The van der Waals surface area contributed by atoms with E-state index in [4.69, 9.17) is 0 Å². The molecule has 1 saturated carbocycles. The molecule has 0 radical (unpaired) electrons. The van der Waals surface area contributed by atoms with Gasteiger partial charge in [-0.1, -0.05) is 11.8 Å². The van der Waals surface area contributed by atoms with Crippen molar-refractivity contribution >= 4 is 11.8 Å². The quantitative estimate of drug-likeness (QED) is 0.731. The second-order valence-electron chi connectivity index (χ2n) is 2.64. The summed E-state index contributed by atoms with van der Waals surface area (Å²) in [5.74, 6) is 0.310. The van der Waals surface area contributed by atoms with Crippen molar-refractivity contribution in [2.24, 2.45) is 0 Å². The standard InChI is InChI=1S/C8H9NOS/c10-7-2-1-5-9-8(7)11-6-3-4-6/h1-2,5-6,10H,3-4H2. The molecular weight excluding hydrogens is 158 g/mol. The Kier molecular flexibility index (Phi) is 1.74. The lowest BCUT2D eigenvalue weighted by atomic mass is 10.5. The Morgan fingerprint density at radius 2 is 2.36 bits per heavy atom. The van der Waals surface area contributed by atoms with Crippen LogP contribution in [0.5, 0.6) is 5.75 Å². The third-order valence-corrected chi connectivity index (χ3v) is 2.90. The lowest BCUT2D eigenvalue weighted by Gasteiger charge is -1.99. The zero-order valence-electron chi connectivity index (χ0n) is 6.03. The van der Waals surface area contributed by atoms with Gasteiger partial charge >= 0.3 is 0 Å². The number of rotatable bonds is 2. The molecule has 3 heteroatoms. The molecule has 11 heavy (non-hydrogen) atoms. The van der Waals surface area contributed by atoms with Crippen molar-refractivity contribution in [3.05, 3.63) is 18.3 Å². The Labute approximate surface area is 69.7 Å². The topological polar surface area (TPSA) is 33.1 Å². The van der Waals surface area contributed by atoms with Crippen LogP contribution < -0.4 is 0 Å². The van der Waals surface area contributed by atoms with E-state index in [9.17, 15) is 5.11 Å². The molecule has 1 fully saturated rings. The average Bonchev–Trinajstić information content (AvgIpc) is 2.78. The molecule has 0 aromatic carbocycles. The highest BCUT2D eigenvalue weighted by Crippen LogP contribution is 2.40. The normalized spacial score (nSPS) is 16.7. The van der Waals surface area contributed by atoms with Crippen LogP contribution >= 0.6 is 11.8 Å². The summed E-state index contributed by atoms with van der Waals surface area (Å²) in [6, 6.07) is 3.42. The molecule has 0 amide bonds. The maximum Gasteiger partial charge on any atom is 0.147 e. The maximum atomic E-state index is 9.30. The van der Waals surface area contributed by atoms with Crippen molar-refractivity contribution in [2.45, 2.75) is 23.1 Å². The lowest BCUT2D eigenvalue weighted by molar-refractivity contribution is 0.457. The van der Waals surface area contributed by atoms with E-state index in [1.54, 1.807) is 30.1 Å². The first-order chi connectivity index (χ1) is 5.36. The van der Waals surface area contributed by atoms with Crippen molar-refractivity contribution in [3.8, 4) is 5.75 Å². The van der Waals surface area contributed by atoms with Gasteiger partial charge in [-0.05, 0) is 25.0 Å². The second-order valence-corrected chi connectivity index (χ2v) is 3.93. The van der Waals surface area contributed by atoms with Crippen LogP contribution in [0.4, 0.5) is 0 Å². The minimum Gasteiger partial charge on any atom is -0.505 e. The van der Waals surface area contributed by atoms with E-state index in [0.717, 1.165) is 5.03 Å². The number of hydrogen-bond acceptors (Lipinski definition) is 3. The number of aromatic hydroxyl groups is 1. The summed E-state index contributed by atoms with van der Waals surface area (Å²) in [7, 11) is 0. The first-order valence-corrected chi connectivity index (χ1v) is 4.55. The van der Waals surface area contributed by atoms with Crippen LogP contribution in [-0.2, 0) is 0 Å². The molecule has 2 nitrogen and oxygen atoms in total. The largest absolute Gasteiger partial charge is 0.505 e. The summed E-state index contributed by atoms with van der Waals surface area (Å²) in [6.45, 7) is 0. The van der Waals surface area contributed by atoms with Crippen molar-refractivity contribution in [3.63, 3.8) is 0 Å². The molecule has 0 unspecified atom stereocenters. The zero-order valence-corrected chi connectivity index (χ0v) is 6.84. The fourth-order valence-electron chi connectivity index (χ4n) is 0.817. The smallest absolute Gasteiger partial charge is 0.147 e. The number of aromatic nitrogens is 1. The van der Waals surface area contributed by atoms with Gasteiger partial charge in [0.15, 0.2) is 0 Å². The maximum absolute atomic E-state index is 9.30. The van der Waals surface area contributed by atoms with Crippen LogP contribution in [0.15, 0.2) is 23.4 Å². The van der Waals surface area contributed by atoms with E-state index >= 15 is 0 Å². The Morgan fingerprint density at radius 1 is 1.55 bits per heavy atom. The van der Waals surface area contributed by atoms with E-state index < -0.39 is 0 Å². The summed E-state index contributed by atoms with van der Waals surface area (Å²) < 4.78 is 0. The first-order valence-electron chi connectivity index (χ1n) is 3.67. The monoisotopic (exact) mass is 167 g/mol. The van der Waals surface area contributed by atoms with E-state index in [0.29, 0.717) is 11.0 Å². The lowest BCUT2D eigenvalue weighted by Crippen LogP contribution is -1.80. The van der Waals surface area contributed by atoms with Crippen LogP contribution in [0.25, 0.3) is 0 Å². The Morgan fingerprint density at radius 3 is 3.00 bits per heavy atom. The second kappa shape index (κ2) is 2.74. The summed E-state index contributed by atoms with van der Waals surface area (Å²) in [5.41, 5.74) is 0. The highest BCUT2D eigenvalue weighted by Gasteiger charge is 2.24. The molecule has 58 valence electrons. The third-order valence-electron chi connectivity index (χ3n) is 1.55. The molecule has 1 aromatic heterocycles. The van der Waals surface area contributed by atoms with Gasteiger partial charge in [0.2, 0.25) is 0 Å². The molecule has 1 N–H and O–H groups in total. The predicted octanol–water partition coefficient (Wildman–Crippen LogP) is 2.04. The highest BCUT2D eigenvalue weighted by atomic mass is 32.2. The summed E-state index contributed by atoms with van der Waals surface area (Å²) in [4.78, 5) is 4.07. The fourth-order valence-corrected chi connectivity index (χ4v) is 1.81. The van der Waals surface area contributed by atoms with Crippen molar-refractivity contribution in [1.82, 2.24) is 4.98 Å². The van der Waals surface area contributed by atoms with Gasteiger partial charge in [-0.15, -0.1) is 0 Å². The minimum atomic E-state index is 0.310. The highest BCUT2D eigenvalue weighted by molar-refractivity contribution is 8.00. The van der Waals surface area contributed by atoms with Gasteiger partial charge < -0.3 is 5.11 Å². The summed E-state index contributed by atoms with van der Waals surface area (Å²) >= 11 is 1.68. The van der Waals surface area contributed by atoms with Gasteiger partial charge in [0, 0.05) is 11.4 Å². The molecule has 0 bridgehead atoms. The van der Waals surface area contributed by atoms with Crippen LogP contribution in [0.1, 0.15) is 12.8 Å². The number of pyridine rings is 1. The van der Waals surface area contributed by atoms with E-state index in [1.807, 2.05) is 0 Å². The molecular formula is C8H9NOS. The molecule has 1 aromatic rings. The van der Waals surface area contributed by atoms with Crippen molar-refractivity contribution in [1.29, 1.82) is 0 Å². The summed E-state index contributed by atoms with van der Waals surface area (Å²) in [5, 5.41) is 10.8. The molecule has 2 rings (SSSR count). The molecule has 1 aliphatic carbocycles. The van der Waals surface area contributed by atoms with Gasteiger partial charge in [0.05, 0.1) is 0 Å². The van der Waals surface area contributed by atoms with E-state index in [2.05, 4.69) is 4.98 Å². The Balaban J connectivity index is 2.15. The molecule has 0 spiro atoms. The first kappa shape index (κ1) is 6.98. The summed E-state index contributed by atoms with van der Waals surface area (Å²) in [6.07, 6.45) is 4.24. The Bertz CT molecular complexity index is 260. The number of nitrogens with zero attached hydrogens (tertiary/aromatic N) is 1. The average molecular weight is 167 g/mol. The fraction of sp³-hybridized carbons (Fsp3) is 0.375. The molecule has 0 saturated heterocycles. The van der Waals surface area contributed by atoms with E-state index in [1.165, 1.54) is 12.8 Å². The molecule has 0 atom stereocenters. The SMILES string of the molecule is Oc1cccnc1SC1CC1. The van der Waals surface area contributed by atoms with Gasteiger partial charge in [-0.2, -0.15) is 0 Å². The number of thioether (sulfide) groups is 1. The molecule has 0 aliphatic heterocycles. The van der Waals surface area contributed by atoms with Crippen LogP contribution in [0.3, 0.4) is 0 Å². The number of hydrogen-bond donors (Lipinski definition) is 1. The Hall–Kier alpha value is -0.700. The van der Waals surface area contributed by atoms with Crippen molar-refractivity contribution < 1.29 is 5.11 Å². The molecule has 1 heterocycles. The van der Waals surface area contributed by atoms with Gasteiger partial charge in [0.1, 0.15) is 10.8 Å². The van der Waals surface area contributed by atoms with Crippen LogP contribution in [-0.4, -0.2) is 15.3 Å². The van der Waals surface area contributed by atoms with Gasteiger partial charge in [-0.25, -0.2) is 4.98 Å². The van der Waals surface area contributed by atoms with Gasteiger partial charge in [-0.3, -0.25) is 0 Å². The van der Waals surface area contributed by atoms with Crippen molar-refractivity contribution in [2.75, 3.05) is 0 Å². The molecule has 1 aliphatic rings. The zero-order chi connectivity index (χ0) is 7.68. The van der Waals surface area contributed by atoms with Gasteiger partial charge in [0.25, 0.3) is 0 Å². The predicted molar refractivity (Wildman–Crippen MR) is 44.8 cm³/mol. The minimum absolute atomic E-state index is 0.310. The van der Waals surface area contributed by atoms with E-state index in [-0.39, 0.29) is 0 Å². The van der Waals surface area contributed by atoms with Crippen LogP contribution in [0, 0.1) is 0 Å². The van der Waals surface area contributed by atoms with Crippen LogP contribution in [0.2, 0.25) is 0 Å². The third kappa shape index (κ3) is 1.66.